The van der Waals surface area contributed by atoms with E-state index in [1.54, 1.807) is 41.9 Å². The Hall–Kier alpha value is -5.32. The van der Waals surface area contributed by atoms with Crippen LogP contribution in [0.25, 0.3) is 11.3 Å². The molecule has 3 aromatic heterocycles. The third kappa shape index (κ3) is 5.24. The van der Waals surface area contributed by atoms with Crippen molar-refractivity contribution in [2.75, 3.05) is 10.6 Å². The Kier molecular flexibility index (Phi) is 6.56. The van der Waals surface area contributed by atoms with E-state index in [0.29, 0.717) is 28.6 Å². The first kappa shape index (κ1) is 26.9. The number of nitrogens with zero attached hydrogens (tertiary/aromatic N) is 3. The van der Waals surface area contributed by atoms with E-state index >= 15 is 0 Å². The van der Waals surface area contributed by atoms with E-state index in [4.69, 9.17) is 4.74 Å². The van der Waals surface area contributed by atoms with Crippen LogP contribution in [0.3, 0.4) is 0 Å². The molecule has 42 heavy (non-hydrogen) atoms. The molecule has 0 bridgehead atoms. The SMILES string of the molecule is Cc1ccc(C(=O)Nc2ccc(Oc3ccc4nc(NC(=O)C5(C)CC5)cn4c3)c(F)c2)c(=O)n1-c1ccc(F)cc1. The van der Waals surface area contributed by atoms with E-state index in [2.05, 4.69) is 15.6 Å². The van der Waals surface area contributed by atoms with Gasteiger partial charge in [0.05, 0.1) is 12.4 Å². The summed E-state index contributed by atoms with van der Waals surface area (Å²) >= 11 is 0. The van der Waals surface area contributed by atoms with Crippen molar-refractivity contribution in [2.45, 2.75) is 26.7 Å². The molecule has 1 aliphatic carbocycles. The van der Waals surface area contributed by atoms with Crippen LogP contribution in [0.4, 0.5) is 20.3 Å². The Morgan fingerprint density at radius 2 is 1.71 bits per heavy atom. The van der Waals surface area contributed by atoms with E-state index in [1.165, 1.54) is 47.0 Å². The van der Waals surface area contributed by atoms with Crippen molar-refractivity contribution >= 4 is 29.0 Å². The molecule has 6 rings (SSSR count). The van der Waals surface area contributed by atoms with Gasteiger partial charge in [-0.25, -0.2) is 13.8 Å². The van der Waals surface area contributed by atoms with Crippen LogP contribution in [-0.2, 0) is 4.79 Å². The zero-order chi connectivity index (χ0) is 29.6. The van der Waals surface area contributed by atoms with Gasteiger partial charge in [-0.05, 0) is 80.4 Å². The molecule has 11 heteroatoms. The number of ether oxygens (including phenoxy) is 1. The number of carbonyl (C=O) groups is 2. The summed E-state index contributed by atoms with van der Waals surface area (Å²) in [6, 6.07) is 15.5. The highest BCUT2D eigenvalue weighted by Crippen LogP contribution is 2.45. The molecule has 3 heterocycles. The van der Waals surface area contributed by atoms with E-state index in [1.807, 2.05) is 6.92 Å². The number of nitrogens with one attached hydrogen (secondary N) is 2. The third-order valence-electron chi connectivity index (χ3n) is 7.24. The molecule has 0 atom stereocenters. The zero-order valence-corrected chi connectivity index (χ0v) is 22.7. The van der Waals surface area contributed by atoms with Crippen LogP contribution in [0, 0.1) is 24.0 Å². The molecule has 0 radical (unpaired) electrons. The predicted molar refractivity (Wildman–Crippen MR) is 152 cm³/mol. The first-order chi connectivity index (χ1) is 20.1. The van der Waals surface area contributed by atoms with Crippen molar-refractivity contribution in [2.24, 2.45) is 5.41 Å². The van der Waals surface area contributed by atoms with Crippen molar-refractivity contribution in [1.82, 2.24) is 14.0 Å². The zero-order valence-electron chi connectivity index (χ0n) is 22.7. The minimum absolute atomic E-state index is 0.0717. The van der Waals surface area contributed by atoms with Crippen molar-refractivity contribution in [1.29, 1.82) is 0 Å². The summed E-state index contributed by atoms with van der Waals surface area (Å²) in [4.78, 5) is 42.8. The largest absolute Gasteiger partial charge is 0.453 e. The number of aromatic nitrogens is 3. The molecule has 0 spiro atoms. The van der Waals surface area contributed by atoms with Crippen LogP contribution in [-0.4, -0.2) is 25.8 Å². The molecule has 9 nitrogen and oxygen atoms in total. The number of benzene rings is 2. The lowest BCUT2D eigenvalue weighted by Crippen LogP contribution is -2.29. The van der Waals surface area contributed by atoms with Crippen molar-refractivity contribution in [3.63, 3.8) is 0 Å². The second kappa shape index (κ2) is 10.3. The van der Waals surface area contributed by atoms with E-state index in [0.717, 1.165) is 18.9 Å². The molecule has 2 amide bonds. The minimum Gasteiger partial charge on any atom is -0.453 e. The summed E-state index contributed by atoms with van der Waals surface area (Å²) < 4.78 is 37.0. The monoisotopic (exact) mass is 569 g/mol. The van der Waals surface area contributed by atoms with Crippen molar-refractivity contribution in [3.8, 4) is 17.2 Å². The first-order valence-corrected chi connectivity index (χ1v) is 13.2. The number of amides is 2. The number of anilines is 2. The number of imidazole rings is 1. The molecule has 5 aromatic rings. The third-order valence-corrected chi connectivity index (χ3v) is 7.24. The van der Waals surface area contributed by atoms with E-state index < -0.39 is 23.1 Å². The van der Waals surface area contributed by atoms with Gasteiger partial charge < -0.3 is 19.8 Å². The summed E-state index contributed by atoms with van der Waals surface area (Å²) in [5.41, 5.74) is 0.553. The fourth-order valence-electron chi connectivity index (χ4n) is 4.47. The number of rotatable bonds is 7. The maximum Gasteiger partial charge on any atom is 0.268 e. The van der Waals surface area contributed by atoms with Gasteiger partial charge in [0.25, 0.3) is 11.5 Å². The fourth-order valence-corrected chi connectivity index (χ4v) is 4.47. The van der Waals surface area contributed by atoms with Gasteiger partial charge in [0, 0.05) is 28.6 Å². The lowest BCUT2D eigenvalue weighted by Gasteiger charge is -2.13. The molecule has 2 N–H and O–H groups in total. The number of halogens is 2. The molecule has 0 aliphatic heterocycles. The summed E-state index contributed by atoms with van der Waals surface area (Å²) in [5, 5.41) is 5.37. The summed E-state index contributed by atoms with van der Waals surface area (Å²) in [7, 11) is 0. The maximum absolute atomic E-state index is 15.0. The Morgan fingerprint density at radius 1 is 0.952 bits per heavy atom. The topological polar surface area (TPSA) is 107 Å². The summed E-state index contributed by atoms with van der Waals surface area (Å²) in [6.07, 6.45) is 4.95. The molecule has 1 saturated carbocycles. The lowest BCUT2D eigenvalue weighted by molar-refractivity contribution is -0.120. The molecule has 1 fully saturated rings. The molecule has 1 aliphatic rings. The second-order valence-electron chi connectivity index (χ2n) is 10.5. The maximum atomic E-state index is 15.0. The molecule has 2 aromatic carbocycles. The van der Waals surface area contributed by atoms with E-state index in [9.17, 15) is 23.2 Å². The van der Waals surface area contributed by atoms with Crippen LogP contribution in [0.2, 0.25) is 0 Å². The fraction of sp³-hybridized carbons (Fsp3) is 0.161. The highest BCUT2D eigenvalue weighted by atomic mass is 19.1. The number of hydrogen-bond donors (Lipinski definition) is 2. The van der Waals surface area contributed by atoms with Gasteiger partial charge in [0.2, 0.25) is 5.91 Å². The Bertz CT molecular complexity index is 1930. The van der Waals surface area contributed by atoms with Gasteiger partial charge in [0.15, 0.2) is 17.4 Å². The van der Waals surface area contributed by atoms with Gasteiger partial charge in [-0.3, -0.25) is 19.0 Å². The number of fused-ring (bicyclic) bond motifs is 1. The average Bonchev–Trinajstić information content (AvgIpc) is 3.58. The van der Waals surface area contributed by atoms with Gasteiger partial charge >= 0.3 is 0 Å². The summed E-state index contributed by atoms with van der Waals surface area (Å²) in [5.74, 6) is -1.34. The van der Waals surface area contributed by atoms with Crippen molar-refractivity contribution < 1.29 is 23.1 Å². The lowest BCUT2D eigenvalue weighted by atomic mass is 10.1. The second-order valence-corrected chi connectivity index (χ2v) is 10.5. The molecule has 212 valence electrons. The quantitative estimate of drug-likeness (QED) is 0.256. The normalized spacial score (nSPS) is 13.5. The van der Waals surface area contributed by atoms with Gasteiger partial charge in [-0.1, -0.05) is 6.92 Å². The molecule has 0 unspecified atom stereocenters. The van der Waals surface area contributed by atoms with Crippen LogP contribution in [0.5, 0.6) is 11.5 Å². The standard InChI is InChI=1S/C31H25F2N5O4/c1-18-3-10-23(29(40)38(18)21-7-4-19(32)5-8-21)28(39)34-20-6-11-25(24(33)15-20)42-22-9-12-27-35-26(17-37(27)16-22)36-30(41)31(2)13-14-31/h3-12,15-17H,13-14H2,1-2H3,(H,34,39)(H,36,41). The highest BCUT2D eigenvalue weighted by molar-refractivity contribution is 6.04. The van der Waals surface area contributed by atoms with Gasteiger partial charge in [0.1, 0.15) is 22.8 Å². The predicted octanol–water partition coefficient (Wildman–Crippen LogP) is 5.86. The van der Waals surface area contributed by atoms with Crippen LogP contribution in [0.1, 0.15) is 35.8 Å². The molecular formula is C31H25F2N5O4. The average molecular weight is 570 g/mol. The summed E-state index contributed by atoms with van der Waals surface area (Å²) in [6.45, 7) is 3.60. The van der Waals surface area contributed by atoms with Crippen LogP contribution in [0.15, 0.2) is 83.9 Å². The van der Waals surface area contributed by atoms with Gasteiger partial charge in [-0.15, -0.1) is 0 Å². The number of aryl methyl sites for hydroxylation is 1. The Morgan fingerprint density at radius 3 is 2.43 bits per heavy atom. The number of carbonyl (C=O) groups excluding carboxylic acids is 2. The molecule has 0 saturated heterocycles. The Balaban J connectivity index is 1.17. The first-order valence-electron chi connectivity index (χ1n) is 13.2. The highest BCUT2D eigenvalue weighted by Gasteiger charge is 2.45. The number of pyridine rings is 2. The van der Waals surface area contributed by atoms with Crippen LogP contribution >= 0.6 is 0 Å². The van der Waals surface area contributed by atoms with E-state index in [-0.39, 0.29) is 28.3 Å². The van der Waals surface area contributed by atoms with Crippen LogP contribution < -0.4 is 20.9 Å². The molecular weight excluding hydrogens is 544 g/mol. The minimum atomic E-state index is -0.739. The smallest absolute Gasteiger partial charge is 0.268 e. The van der Waals surface area contributed by atoms with Crippen molar-refractivity contribution in [3.05, 3.63) is 112 Å². The Labute approximate surface area is 238 Å². The number of hydrogen-bond acceptors (Lipinski definition) is 5. The van der Waals surface area contributed by atoms with Gasteiger partial charge in [-0.2, -0.15) is 0 Å².